The van der Waals surface area contributed by atoms with Gasteiger partial charge in [0.1, 0.15) is 5.15 Å². The average molecular weight is 221 g/mol. The second kappa shape index (κ2) is 5.22. The van der Waals surface area contributed by atoms with E-state index in [2.05, 4.69) is 4.98 Å². The van der Waals surface area contributed by atoms with Crippen molar-refractivity contribution in [1.29, 1.82) is 0 Å². The van der Waals surface area contributed by atoms with E-state index in [0.29, 0.717) is 11.7 Å². The molecule has 0 bridgehead atoms. The van der Waals surface area contributed by atoms with Gasteiger partial charge in [-0.3, -0.25) is 4.90 Å². The molecule has 1 heterocycles. The van der Waals surface area contributed by atoms with Gasteiger partial charge in [-0.05, 0) is 13.1 Å². The van der Waals surface area contributed by atoms with Gasteiger partial charge in [0.25, 0.3) is 6.43 Å². The molecule has 1 aromatic heterocycles. The topological polar surface area (TPSA) is 16.1 Å². The van der Waals surface area contributed by atoms with Crippen molar-refractivity contribution >= 4 is 11.6 Å². The predicted molar refractivity (Wildman–Crippen MR) is 51.6 cm³/mol. The average Bonchev–Trinajstić information content (AvgIpc) is 2.07. The van der Waals surface area contributed by atoms with Gasteiger partial charge in [0.2, 0.25) is 0 Å². The third kappa shape index (κ3) is 3.55. The molecular weight excluding hydrogens is 210 g/mol. The molecule has 0 atom stereocenters. The van der Waals surface area contributed by atoms with Crippen LogP contribution in [-0.2, 0) is 6.54 Å². The summed E-state index contributed by atoms with van der Waals surface area (Å²) in [7, 11) is 1.62. The highest BCUT2D eigenvalue weighted by Gasteiger charge is 2.09. The molecule has 2 nitrogen and oxygen atoms in total. The Bertz CT molecular complexity index is 294. The number of halogens is 3. The fourth-order valence-corrected chi connectivity index (χ4v) is 1.31. The molecule has 0 N–H and O–H groups in total. The normalized spacial score (nSPS) is 11.3. The number of pyridine rings is 1. The van der Waals surface area contributed by atoms with E-state index in [1.165, 1.54) is 4.90 Å². The van der Waals surface area contributed by atoms with Crippen LogP contribution in [0.15, 0.2) is 18.3 Å². The third-order valence-corrected chi connectivity index (χ3v) is 2.07. The summed E-state index contributed by atoms with van der Waals surface area (Å²) in [5.41, 5.74) is 0.761. The number of nitrogens with zero attached hydrogens (tertiary/aromatic N) is 2. The fourth-order valence-electron chi connectivity index (χ4n) is 1.13. The number of rotatable bonds is 4. The highest BCUT2D eigenvalue weighted by atomic mass is 35.5. The van der Waals surface area contributed by atoms with E-state index in [0.717, 1.165) is 5.56 Å². The highest BCUT2D eigenvalue weighted by molar-refractivity contribution is 6.30. The lowest BCUT2D eigenvalue weighted by Gasteiger charge is -2.16. The van der Waals surface area contributed by atoms with Gasteiger partial charge in [-0.25, -0.2) is 13.8 Å². The van der Waals surface area contributed by atoms with Gasteiger partial charge in [-0.15, -0.1) is 0 Å². The van der Waals surface area contributed by atoms with Crippen LogP contribution in [0.25, 0.3) is 0 Å². The first kappa shape index (κ1) is 11.3. The van der Waals surface area contributed by atoms with Gasteiger partial charge in [0.05, 0.1) is 6.54 Å². The van der Waals surface area contributed by atoms with E-state index in [1.807, 2.05) is 0 Å². The largest absolute Gasteiger partial charge is 0.296 e. The molecule has 0 radical (unpaired) electrons. The first-order valence-electron chi connectivity index (χ1n) is 4.15. The molecule has 0 aliphatic carbocycles. The summed E-state index contributed by atoms with van der Waals surface area (Å²) in [5, 5.41) is 0.369. The molecule has 0 aliphatic heterocycles. The lowest BCUT2D eigenvalue weighted by atomic mass is 10.3. The van der Waals surface area contributed by atoms with Crippen LogP contribution < -0.4 is 0 Å². The lowest BCUT2D eigenvalue weighted by molar-refractivity contribution is 0.0975. The van der Waals surface area contributed by atoms with E-state index in [1.54, 1.807) is 25.4 Å². The summed E-state index contributed by atoms with van der Waals surface area (Å²) >= 11 is 5.78. The molecule has 78 valence electrons. The van der Waals surface area contributed by atoms with Crippen LogP contribution in [0.2, 0.25) is 5.15 Å². The Labute approximate surface area is 86.5 Å². The second-order valence-corrected chi connectivity index (χ2v) is 3.40. The van der Waals surface area contributed by atoms with Crippen LogP contribution in [0.3, 0.4) is 0 Å². The molecule has 1 rings (SSSR count). The maximum absolute atomic E-state index is 12.0. The van der Waals surface area contributed by atoms with Crippen molar-refractivity contribution < 1.29 is 8.78 Å². The Morgan fingerprint density at radius 3 is 2.86 bits per heavy atom. The van der Waals surface area contributed by atoms with E-state index in [4.69, 9.17) is 11.6 Å². The van der Waals surface area contributed by atoms with Crippen LogP contribution in [0.4, 0.5) is 8.78 Å². The monoisotopic (exact) mass is 220 g/mol. The van der Waals surface area contributed by atoms with E-state index in [9.17, 15) is 8.78 Å². The lowest BCUT2D eigenvalue weighted by Crippen LogP contribution is -2.24. The quantitative estimate of drug-likeness (QED) is 0.725. The Hall–Kier alpha value is -0.740. The minimum absolute atomic E-state index is 0.259. The van der Waals surface area contributed by atoms with Crippen LogP contribution in [-0.4, -0.2) is 29.9 Å². The Kier molecular flexibility index (Phi) is 4.22. The molecule has 14 heavy (non-hydrogen) atoms. The van der Waals surface area contributed by atoms with Crippen LogP contribution in [0.5, 0.6) is 0 Å². The molecule has 5 heteroatoms. The molecule has 0 spiro atoms. The van der Waals surface area contributed by atoms with Crippen molar-refractivity contribution in [3.8, 4) is 0 Å². The molecule has 1 aromatic rings. The maximum atomic E-state index is 12.0. The van der Waals surface area contributed by atoms with Crippen molar-refractivity contribution in [3.05, 3.63) is 29.0 Å². The predicted octanol–water partition coefficient (Wildman–Crippen LogP) is 2.43. The smallest absolute Gasteiger partial charge is 0.251 e. The zero-order chi connectivity index (χ0) is 10.6. The zero-order valence-corrected chi connectivity index (χ0v) is 8.51. The van der Waals surface area contributed by atoms with Crippen LogP contribution in [0.1, 0.15) is 5.56 Å². The van der Waals surface area contributed by atoms with E-state index in [-0.39, 0.29) is 6.54 Å². The summed E-state index contributed by atoms with van der Waals surface area (Å²) in [4.78, 5) is 5.37. The second-order valence-electron chi connectivity index (χ2n) is 3.04. The molecule has 0 unspecified atom stereocenters. The molecule has 0 saturated heterocycles. The Balaban J connectivity index is 2.56. The van der Waals surface area contributed by atoms with Crippen LogP contribution in [0, 0.1) is 0 Å². The Morgan fingerprint density at radius 1 is 1.57 bits per heavy atom. The van der Waals surface area contributed by atoms with Crippen LogP contribution >= 0.6 is 11.6 Å². The first-order chi connectivity index (χ1) is 6.59. The van der Waals surface area contributed by atoms with Crippen molar-refractivity contribution in [2.24, 2.45) is 0 Å². The zero-order valence-electron chi connectivity index (χ0n) is 7.75. The fraction of sp³-hybridized carbons (Fsp3) is 0.444. The maximum Gasteiger partial charge on any atom is 0.251 e. The summed E-state index contributed by atoms with van der Waals surface area (Å²) in [6.45, 7) is 0.127. The SMILES string of the molecule is CN(Cc1cccnc1Cl)CC(F)F. The Morgan fingerprint density at radius 2 is 2.29 bits per heavy atom. The summed E-state index contributed by atoms with van der Waals surface area (Å²) in [5.74, 6) is 0. The third-order valence-electron chi connectivity index (χ3n) is 1.73. The van der Waals surface area contributed by atoms with Crippen molar-refractivity contribution in [1.82, 2.24) is 9.88 Å². The number of hydrogen-bond donors (Lipinski definition) is 0. The first-order valence-corrected chi connectivity index (χ1v) is 4.53. The van der Waals surface area contributed by atoms with Gasteiger partial charge in [-0.2, -0.15) is 0 Å². The van der Waals surface area contributed by atoms with Crippen molar-refractivity contribution in [2.45, 2.75) is 13.0 Å². The minimum atomic E-state index is -2.32. The van der Waals surface area contributed by atoms with E-state index < -0.39 is 6.43 Å². The van der Waals surface area contributed by atoms with E-state index >= 15 is 0 Å². The molecule has 0 fully saturated rings. The summed E-state index contributed by atoms with van der Waals surface area (Å²) in [6.07, 6.45) is -0.755. The standard InChI is InChI=1S/C9H11ClF2N2/c1-14(6-8(11)12)5-7-3-2-4-13-9(7)10/h2-4,8H,5-6H2,1H3. The number of aromatic nitrogens is 1. The number of hydrogen-bond acceptors (Lipinski definition) is 2. The summed E-state index contributed by atoms with van der Waals surface area (Å²) < 4.78 is 24.0. The molecule has 0 aromatic carbocycles. The van der Waals surface area contributed by atoms with Crippen molar-refractivity contribution in [3.63, 3.8) is 0 Å². The van der Waals surface area contributed by atoms with Crippen molar-refractivity contribution in [2.75, 3.05) is 13.6 Å². The molecule has 0 aliphatic rings. The molecular formula is C9H11ClF2N2. The minimum Gasteiger partial charge on any atom is -0.296 e. The van der Waals surface area contributed by atoms with Gasteiger partial charge in [0, 0.05) is 18.3 Å². The van der Waals surface area contributed by atoms with Gasteiger partial charge < -0.3 is 0 Å². The molecule has 0 amide bonds. The number of alkyl halides is 2. The molecule has 0 saturated carbocycles. The van der Waals surface area contributed by atoms with Gasteiger partial charge in [0.15, 0.2) is 0 Å². The highest BCUT2D eigenvalue weighted by Crippen LogP contribution is 2.13. The van der Waals surface area contributed by atoms with Gasteiger partial charge in [-0.1, -0.05) is 17.7 Å². The summed E-state index contributed by atoms with van der Waals surface area (Å²) in [6, 6.07) is 3.51. The van der Waals surface area contributed by atoms with Gasteiger partial charge >= 0.3 is 0 Å².